The molecule has 0 bridgehead atoms. The van der Waals surface area contributed by atoms with Crippen LogP contribution in [0, 0.1) is 18.8 Å². The molecule has 0 saturated heterocycles. The molecule has 1 nitrogen and oxygen atoms in total. The van der Waals surface area contributed by atoms with Crippen molar-refractivity contribution in [2.75, 3.05) is 5.32 Å². The van der Waals surface area contributed by atoms with E-state index in [2.05, 4.69) is 32.2 Å². The van der Waals surface area contributed by atoms with Gasteiger partial charge in [0.1, 0.15) is 0 Å². The summed E-state index contributed by atoms with van der Waals surface area (Å²) >= 11 is 6.25. The zero-order valence-electron chi connectivity index (χ0n) is 11.0. The summed E-state index contributed by atoms with van der Waals surface area (Å²) in [7, 11) is 0. The Hall–Kier alpha value is -0.690. The van der Waals surface area contributed by atoms with Crippen molar-refractivity contribution in [3.8, 4) is 0 Å². The maximum Gasteiger partial charge on any atom is 0.0640 e. The lowest BCUT2D eigenvalue weighted by molar-refractivity contribution is 0.261. The molecule has 1 saturated carbocycles. The molecular formula is C15H22ClN. The molecule has 0 heterocycles. The van der Waals surface area contributed by atoms with Gasteiger partial charge in [0.2, 0.25) is 0 Å². The molecule has 0 aromatic heterocycles. The van der Waals surface area contributed by atoms with E-state index in [1.54, 1.807) is 0 Å². The van der Waals surface area contributed by atoms with Gasteiger partial charge in [-0.1, -0.05) is 37.6 Å². The molecule has 1 aliphatic carbocycles. The summed E-state index contributed by atoms with van der Waals surface area (Å²) in [6, 6.07) is 6.67. The third-order valence-electron chi connectivity index (χ3n) is 4.17. The third kappa shape index (κ3) is 2.95. The van der Waals surface area contributed by atoms with Crippen LogP contribution in [-0.2, 0) is 0 Å². The van der Waals surface area contributed by atoms with Crippen LogP contribution in [0.15, 0.2) is 18.2 Å². The Kier molecular flexibility index (Phi) is 3.98. The number of hydrogen-bond donors (Lipinski definition) is 1. The molecule has 3 atom stereocenters. The lowest BCUT2D eigenvalue weighted by atomic mass is 9.79. The summed E-state index contributed by atoms with van der Waals surface area (Å²) < 4.78 is 0. The average Bonchev–Trinajstić information content (AvgIpc) is 2.28. The van der Waals surface area contributed by atoms with Gasteiger partial charge in [-0.3, -0.25) is 0 Å². The lowest BCUT2D eigenvalue weighted by Crippen LogP contribution is -2.30. The Balaban J connectivity index is 2.06. The first-order chi connectivity index (χ1) is 8.08. The lowest BCUT2D eigenvalue weighted by Gasteiger charge is -2.33. The van der Waals surface area contributed by atoms with Crippen LogP contribution in [0.2, 0.25) is 5.02 Å². The molecule has 1 aromatic rings. The molecule has 1 fully saturated rings. The van der Waals surface area contributed by atoms with Gasteiger partial charge in [-0.15, -0.1) is 0 Å². The van der Waals surface area contributed by atoms with Crippen LogP contribution in [0.1, 0.15) is 38.7 Å². The molecule has 0 spiro atoms. The van der Waals surface area contributed by atoms with E-state index in [-0.39, 0.29) is 0 Å². The zero-order valence-corrected chi connectivity index (χ0v) is 11.7. The van der Waals surface area contributed by atoms with E-state index in [1.807, 2.05) is 12.1 Å². The monoisotopic (exact) mass is 251 g/mol. The first-order valence-electron chi connectivity index (χ1n) is 6.59. The Morgan fingerprint density at radius 3 is 2.59 bits per heavy atom. The molecule has 94 valence electrons. The van der Waals surface area contributed by atoms with E-state index in [4.69, 9.17) is 11.6 Å². The maximum absolute atomic E-state index is 6.25. The van der Waals surface area contributed by atoms with Crippen LogP contribution >= 0.6 is 11.6 Å². The molecule has 1 N–H and O–H groups in total. The molecule has 17 heavy (non-hydrogen) atoms. The summed E-state index contributed by atoms with van der Waals surface area (Å²) in [4.78, 5) is 0. The van der Waals surface area contributed by atoms with Crippen molar-refractivity contribution in [3.05, 3.63) is 28.8 Å². The van der Waals surface area contributed by atoms with Crippen molar-refractivity contribution in [1.82, 2.24) is 0 Å². The second kappa shape index (κ2) is 5.30. The van der Waals surface area contributed by atoms with Crippen LogP contribution < -0.4 is 5.32 Å². The second-order valence-corrected chi connectivity index (χ2v) is 5.95. The van der Waals surface area contributed by atoms with Gasteiger partial charge in [-0.05, 0) is 49.7 Å². The molecule has 1 aromatic carbocycles. The Bertz CT molecular complexity index is 368. The minimum absolute atomic E-state index is 0.583. The fourth-order valence-corrected chi connectivity index (χ4v) is 2.97. The highest BCUT2D eigenvalue weighted by molar-refractivity contribution is 6.33. The van der Waals surface area contributed by atoms with Crippen LogP contribution in [0.25, 0.3) is 0 Å². The van der Waals surface area contributed by atoms with Gasteiger partial charge in [0.25, 0.3) is 0 Å². The number of nitrogens with one attached hydrogen (secondary N) is 1. The summed E-state index contributed by atoms with van der Waals surface area (Å²) in [5.74, 6) is 1.67. The van der Waals surface area contributed by atoms with E-state index in [0.717, 1.165) is 22.5 Å². The van der Waals surface area contributed by atoms with Gasteiger partial charge in [-0.2, -0.15) is 0 Å². The number of hydrogen-bond acceptors (Lipinski definition) is 1. The quantitative estimate of drug-likeness (QED) is 0.790. The topological polar surface area (TPSA) is 12.0 Å². The van der Waals surface area contributed by atoms with Gasteiger partial charge >= 0.3 is 0 Å². The van der Waals surface area contributed by atoms with Crippen molar-refractivity contribution in [1.29, 1.82) is 0 Å². The smallest absolute Gasteiger partial charge is 0.0640 e. The minimum Gasteiger partial charge on any atom is -0.381 e. The molecule has 0 aliphatic heterocycles. The highest BCUT2D eigenvalue weighted by atomic mass is 35.5. The van der Waals surface area contributed by atoms with Crippen LogP contribution in [-0.4, -0.2) is 6.04 Å². The summed E-state index contributed by atoms with van der Waals surface area (Å²) in [6.45, 7) is 6.84. The predicted molar refractivity (Wildman–Crippen MR) is 75.8 cm³/mol. The standard InChI is InChI=1S/C15H22ClN/c1-10-7-8-13(9-12(10)3)17-15-11(2)5-4-6-14(15)16/h4-6,10,12-13,17H,7-9H2,1-3H3. The van der Waals surface area contributed by atoms with E-state index >= 15 is 0 Å². The SMILES string of the molecule is Cc1cccc(Cl)c1NC1CCC(C)C(C)C1. The number of para-hydroxylation sites is 1. The largest absolute Gasteiger partial charge is 0.381 e. The fraction of sp³-hybridized carbons (Fsp3) is 0.600. The molecular weight excluding hydrogens is 230 g/mol. The first kappa shape index (κ1) is 12.8. The number of aryl methyl sites for hydroxylation is 1. The van der Waals surface area contributed by atoms with Crippen LogP contribution in [0.4, 0.5) is 5.69 Å². The predicted octanol–water partition coefficient (Wildman–Crippen LogP) is 4.89. The Labute approximate surface area is 110 Å². The highest BCUT2D eigenvalue weighted by Gasteiger charge is 2.24. The number of halogens is 1. The van der Waals surface area contributed by atoms with Crippen LogP contribution in [0.5, 0.6) is 0 Å². The molecule has 3 unspecified atom stereocenters. The van der Waals surface area contributed by atoms with E-state index in [0.29, 0.717) is 6.04 Å². The van der Waals surface area contributed by atoms with Gasteiger partial charge in [-0.25, -0.2) is 0 Å². The van der Waals surface area contributed by atoms with Gasteiger partial charge < -0.3 is 5.32 Å². The Morgan fingerprint density at radius 2 is 1.94 bits per heavy atom. The minimum atomic E-state index is 0.583. The van der Waals surface area contributed by atoms with Crippen molar-refractivity contribution < 1.29 is 0 Å². The zero-order chi connectivity index (χ0) is 12.4. The van der Waals surface area contributed by atoms with Crippen molar-refractivity contribution >= 4 is 17.3 Å². The van der Waals surface area contributed by atoms with Gasteiger partial charge in [0, 0.05) is 6.04 Å². The molecule has 1 aliphatic rings. The van der Waals surface area contributed by atoms with E-state index < -0.39 is 0 Å². The maximum atomic E-state index is 6.25. The van der Waals surface area contributed by atoms with Crippen molar-refractivity contribution in [2.45, 2.75) is 46.1 Å². The van der Waals surface area contributed by atoms with Crippen molar-refractivity contribution in [3.63, 3.8) is 0 Å². The molecule has 0 radical (unpaired) electrons. The fourth-order valence-electron chi connectivity index (χ4n) is 2.70. The average molecular weight is 252 g/mol. The first-order valence-corrected chi connectivity index (χ1v) is 6.97. The highest BCUT2D eigenvalue weighted by Crippen LogP contribution is 2.33. The Morgan fingerprint density at radius 1 is 1.18 bits per heavy atom. The van der Waals surface area contributed by atoms with E-state index in [9.17, 15) is 0 Å². The molecule has 2 rings (SSSR count). The normalized spacial score (nSPS) is 29.1. The summed E-state index contributed by atoms with van der Waals surface area (Å²) in [6.07, 6.45) is 3.84. The van der Waals surface area contributed by atoms with Gasteiger partial charge in [0.15, 0.2) is 0 Å². The molecule has 2 heteroatoms. The van der Waals surface area contributed by atoms with Crippen LogP contribution in [0.3, 0.4) is 0 Å². The summed E-state index contributed by atoms with van der Waals surface area (Å²) in [5, 5.41) is 4.48. The second-order valence-electron chi connectivity index (χ2n) is 5.54. The number of benzene rings is 1. The summed E-state index contributed by atoms with van der Waals surface area (Å²) in [5.41, 5.74) is 2.37. The number of anilines is 1. The number of rotatable bonds is 2. The molecule has 0 amide bonds. The third-order valence-corrected chi connectivity index (χ3v) is 4.48. The van der Waals surface area contributed by atoms with Gasteiger partial charge in [0.05, 0.1) is 10.7 Å². The van der Waals surface area contributed by atoms with E-state index in [1.165, 1.54) is 24.8 Å². The van der Waals surface area contributed by atoms with Crippen molar-refractivity contribution in [2.24, 2.45) is 11.8 Å².